The number of benzene rings is 1. The van der Waals surface area contributed by atoms with Crippen LogP contribution in [0.4, 0.5) is 0 Å². The van der Waals surface area contributed by atoms with Gasteiger partial charge in [-0.2, -0.15) is 0 Å². The number of aryl methyl sites for hydroxylation is 2. The normalized spacial score (nSPS) is 12.4. The van der Waals surface area contributed by atoms with Crippen LogP contribution in [0.15, 0.2) is 23.1 Å². The van der Waals surface area contributed by atoms with Gasteiger partial charge in [-0.05, 0) is 39.0 Å². The predicted molar refractivity (Wildman–Crippen MR) is 115 cm³/mol. The van der Waals surface area contributed by atoms with Crippen molar-refractivity contribution < 1.29 is 18.0 Å². The number of hydrogen-bond acceptors (Lipinski definition) is 5. The lowest BCUT2D eigenvalue weighted by Crippen LogP contribution is -2.46. The zero-order valence-electron chi connectivity index (χ0n) is 18.7. The Morgan fingerprint density at radius 2 is 1.80 bits per heavy atom. The third-order valence-corrected chi connectivity index (χ3v) is 6.42. The Labute approximate surface area is 178 Å². The molecule has 0 fully saturated rings. The summed E-state index contributed by atoms with van der Waals surface area (Å²) in [6, 6.07) is 4.81. The van der Waals surface area contributed by atoms with E-state index in [1.807, 2.05) is 32.4 Å². The minimum atomic E-state index is -3.55. The third kappa shape index (κ3) is 5.57. The smallest absolute Gasteiger partial charge is 0.242 e. The van der Waals surface area contributed by atoms with E-state index in [2.05, 4.69) is 10.3 Å². The lowest BCUT2D eigenvalue weighted by Gasteiger charge is -2.23. The van der Waals surface area contributed by atoms with E-state index in [0.29, 0.717) is 17.8 Å². The summed E-state index contributed by atoms with van der Waals surface area (Å²) in [6.45, 7) is 5.64. The molecule has 1 aromatic carbocycles. The topological polar surface area (TPSA) is 105 Å². The second-order valence-corrected chi connectivity index (χ2v) is 10.7. The van der Waals surface area contributed by atoms with Gasteiger partial charge in [0, 0.05) is 46.6 Å². The molecule has 0 aliphatic rings. The molecule has 1 N–H and O–H groups in total. The number of aromatic nitrogens is 2. The molecule has 30 heavy (non-hydrogen) atoms. The van der Waals surface area contributed by atoms with E-state index in [9.17, 15) is 18.0 Å². The standard InChI is InChI=1S/C20H31N5O4S/c1-20(2,3)22-18(26)13-24(6)19(27)11-10-17-21-15-12-14(30(28,29)23(4)5)8-9-16(15)25(17)7/h8-9,12H,10-11,13H2,1-7H3,(H,22,26). The van der Waals surface area contributed by atoms with E-state index in [1.54, 1.807) is 25.2 Å². The fourth-order valence-electron chi connectivity index (χ4n) is 3.00. The zero-order chi connectivity index (χ0) is 22.9. The molecular formula is C20H31N5O4S. The fourth-order valence-corrected chi connectivity index (χ4v) is 3.92. The van der Waals surface area contributed by atoms with Crippen LogP contribution in [0.25, 0.3) is 11.0 Å². The van der Waals surface area contributed by atoms with Crippen molar-refractivity contribution in [2.45, 2.75) is 44.0 Å². The van der Waals surface area contributed by atoms with Crippen molar-refractivity contribution in [3.63, 3.8) is 0 Å². The molecule has 0 unspecified atom stereocenters. The molecule has 166 valence electrons. The number of nitrogens with one attached hydrogen (secondary N) is 1. The Morgan fingerprint density at radius 3 is 2.37 bits per heavy atom. The number of sulfonamides is 1. The Hall–Kier alpha value is -2.46. The Morgan fingerprint density at radius 1 is 1.17 bits per heavy atom. The van der Waals surface area contributed by atoms with Crippen molar-refractivity contribution in [2.24, 2.45) is 7.05 Å². The SMILES string of the molecule is CN(CC(=O)NC(C)(C)C)C(=O)CCc1nc2cc(S(=O)(=O)N(C)C)ccc2n1C. The molecule has 1 aromatic heterocycles. The van der Waals surface area contributed by atoms with Crippen LogP contribution in [-0.2, 0) is 33.1 Å². The molecule has 0 spiro atoms. The van der Waals surface area contributed by atoms with Gasteiger partial charge in [-0.3, -0.25) is 9.59 Å². The van der Waals surface area contributed by atoms with E-state index in [0.717, 1.165) is 9.82 Å². The van der Waals surface area contributed by atoms with Gasteiger partial charge in [0.1, 0.15) is 5.82 Å². The van der Waals surface area contributed by atoms with Gasteiger partial charge in [0.25, 0.3) is 0 Å². The van der Waals surface area contributed by atoms with Crippen LogP contribution in [0, 0.1) is 0 Å². The molecule has 0 radical (unpaired) electrons. The van der Waals surface area contributed by atoms with Crippen LogP contribution >= 0.6 is 0 Å². The molecule has 1 heterocycles. The van der Waals surface area contributed by atoms with Crippen LogP contribution in [0.2, 0.25) is 0 Å². The first-order valence-corrected chi connectivity index (χ1v) is 11.1. The van der Waals surface area contributed by atoms with Gasteiger partial charge < -0.3 is 14.8 Å². The highest BCUT2D eigenvalue weighted by atomic mass is 32.2. The van der Waals surface area contributed by atoms with Crippen molar-refractivity contribution in [3.05, 3.63) is 24.0 Å². The summed E-state index contributed by atoms with van der Waals surface area (Å²) >= 11 is 0. The molecule has 0 bridgehead atoms. The van der Waals surface area contributed by atoms with Gasteiger partial charge in [0.2, 0.25) is 21.8 Å². The lowest BCUT2D eigenvalue weighted by molar-refractivity contribution is -0.135. The minimum Gasteiger partial charge on any atom is -0.350 e. The number of carbonyl (C=O) groups excluding carboxylic acids is 2. The van der Waals surface area contributed by atoms with Crippen LogP contribution in [0.3, 0.4) is 0 Å². The molecule has 0 aliphatic heterocycles. The van der Waals surface area contributed by atoms with E-state index >= 15 is 0 Å². The maximum atomic E-state index is 12.4. The highest BCUT2D eigenvalue weighted by Gasteiger charge is 2.20. The number of fused-ring (bicyclic) bond motifs is 1. The molecule has 2 rings (SSSR count). The van der Waals surface area contributed by atoms with Crippen molar-refractivity contribution in [1.82, 2.24) is 24.1 Å². The second kappa shape index (κ2) is 8.73. The number of nitrogens with zero attached hydrogens (tertiary/aromatic N) is 4. The van der Waals surface area contributed by atoms with Crippen molar-refractivity contribution in [3.8, 4) is 0 Å². The molecule has 10 heteroatoms. The minimum absolute atomic E-state index is 0.00952. The molecule has 2 amide bonds. The largest absolute Gasteiger partial charge is 0.350 e. The molecular weight excluding hydrogens is 406 g/mol. The summed E-state index contributed by atoms with van der Waals surface area (Å²) in [7, 11) is 2.83. The number of likely N-dealkylation sites (N-methyl/N-ethyl adjacent to an activating group) is 1. The lowest BCUT2D eigenvalue weighted by atomic mass is 10.1. The first-order valence-electron chi connectivity index (χ1n) is 9.65. The number of carbonyl (C=O) groups is 2. The average Bonchev–Trinajstić information content (AvgIpc) is 2.93. The van der Waals surface area contributed by atoms with E-state index in [4.69, 9.17) is 0 Å². The second-order valence-electron chi connectivity index (χ2n) is 8.57. The monoisotopic (exact) mass is 437 g/mol. The van der Waals surface area contributed by atoms with Crippen molar-refractivity contribution in [1.29, 1.82) is 0 Å². The predicted octanol–water partition coefficient (Wildman–Crippen LogP) is 1.13. The van der Waals surface area contributed by atoms with E-state index < -0.39 is 10.0 Å². The first kappa shape index (κ1) is 23.8. The maximum Gasteiger partial charge on any atom is 0.242 e. The molecule has 0 aliphatic carbocycles. The number of imidazole rings is 1. The molecule has 0 saturated heterocycles. The van der Waals surface area contributed by atoms with Crippen LogP contribution in [0.1, 0.15) is 33.0 Å². The summed E-state index contributed by atoms with van der Waals surface area (Å²) in [5.41, 5.74) is 0.987. The molecule has 9 nitrogen and oxygen atoms in total. The van der Waals surface area contributed by atoms with Gasteiger partial charge >= 0.3 is 0 Å². The summed E-state index contributed by atoms with van der Waals surface area (Å²) in [4.78, 5) is 30.5. The molecule has 0 atom stereocenters. The number of amides is 2. The van der Waals surface area contributed by atoms with Gasteiger partial charge in [0.05, 0.1) is 22.5 Å². The van der Waals surface area contributed by atoms with Gasteiger partial charge in [0.15, 0.2) is 0 Å². The Bertz CT molecular complexity index is 1050. The number of rotatable bonds is 7. The first-order chi connectivity index (χ1) is 13.7. The van der Waals surface area contributed by atoms with Crippen molar-refractivity contribution in [2.75, 3.05) is 27.7 Å². The number of hydrogen-bond donors (Lipinski definition) is 1. The zero-order valence-corrected chi connectivity index (χ0v) is 19.5. The summed E-state index contributed by atoms with van der Waals surface area (Å²) in [5, 5.41) is 2.83. The van der Waals surface area contributed by atoms with E-state index in [1.165, 1.54) is 19.0 Å². The summed E-state index contributed by atoms with van der Waals surface area (Å²) in [5.74, 6) is 0.294. The van der Waals surface area contributed by atoms with Crippen molar-refractivity contribution >= 4 is 32.9 Å². The quantitative estimate of drug-likeness (QED) is 0.699. The van der Waals surface area contributed by atoms with Gasteiger partial charge in [-0.25, -0.2) is 17.7 Å². The van der Waals surface area contributed by atoms with Crippen LogP contribution in [0.5, 0.6) is 0 Å². The Balaban J connectivity index is 2.10. The highest BCUT2D eigenvalue weighted by molar-refractivity contribution is 7.89. The maximum absolute atomic E-state index is 12.4. The fraction of sp³-hybridized carbons (Fsp3) is 0.550. The summed E-state index contributed by atoms with van der Waals surface area (Å²) in [6.07, 6.45) is 0.574. The molecule has 0 saturated carbocycles. The average molecular weight is 438 g/mol. The van der Waals surface area contributed by atoms with E-state index in [-0.39, 0.29) is 35.2 Å². The van der Waals surface area contributed by atoms with Gasteiger partial charge in [-0.15, -0.1) is 0 Å². The van der Waals surface area contributed by atoms with Gasteiger partial charge in [-0.1, -0.05) is 0 Å². The third-order valence-electron chi connectivity index (χ3n) is 4.61. The van der Waals surface area contributed by atoms with Crippen LogP contribution in [-0.4, -0.2) is 72.2 Å². The summed E-state index contributed by atoms with van der Waals surface area (Å²) < 4.78 is 27.7. The highest BCUT2D eigenvalue weighted by Crippen LogP contribution is 2.22. The Kier molecular flexibility index (Phi) is 6.93. The molecule has 2 aromatic rings. The van der Waals surface area contributed by atoms with Crippen LogP contribution < -0.4 is 5.32 Å².